The van der Waals surface area contributed by atoms with Crippen LogP contribution in [0.4, 0.5) is 0 Å². The van der Waals surface area contributed by atoms with E-state index in [4.69, 9.17) is 9.47 Å². The fourth-order valence-electron chi connectivity index (χ4n) is 3.30. The van der Waals surface area contributed by atoms with E-state index in [2.05, 4.69) is 0 Å². The molecule has 0 amide bonds. The van der Waals surface area contributed by atoms with Gasteiger partial charge in [-0.1, -0.05) is 18.2 Å². The van der Waals surface area contributed by atoms with E-state index in [1.54, 1.807) is 17.7 Å². The third-order valence-corrected chi connectivity index (χ3v) is 4.50. The highest BCUT2D eigenvalue weighted by molar-refractivity contribution is 5.90. The monoisotopic (exact) mass is 327 g/mol. The molecule has 0 unspecified atom stereocenters. The van der Waals surface area contributed by atoms with Gasteiger partial charge in [0, 0.05) is 24.2 Å². The highest BCUT2D eigenvalue weighted by atomic mass is 16.5. The lowest BCUT2D eigenvalue weighted by atomic mass is 9.98. The number of carbonyl (C=O) groups excluding carboxylic acids is 1. The quantitative estimate of drug-likeness (QED) is 0.810. The number of benzene rings is 1. The lowest BCUT2D eigenvalue weighted by Gasteiger charge is -2.22. The topological polar surface area (TPSA) is 57.5 Å². The van der Waals surface area contributed by atoms with Crippen molar-refractivity contribution in [2.75, 3.05) is 14.2 Å². The maximum absolute atomic E-state index is 12.9. The average Bonchev–Trinajstić information content (AvgIpc) is 2.64. The highest BCUT2D eigenvalue weighted by Gasteiger charge is 2.22. The number of methoxy groups -OCH3 is 2. The summed E-state index contributed by atoms with van der Waals surface area (Å²) in [5.41, 5.74) is 2.78. The number of nitrogens with zero attached hydrogens (tertiary/aromatic N) is 1. The molecule has 126 valence electrons. The molecule has 0 N–H and O–H groups in total. The molecule has 0 bridgehead atoms. The second kappa shape index (κ2) is 6.91. The third kappa shape index (κ3) is 2.94. The first-order valence-corrected chi connectivity index (χ1v) is 8.11. The van der Waals surface area contributed by atoms with Gasteiger partial charge < -0.3 is 14.0 Å². The molecular weight excluding hydrogens is 306 g/mol. The van der Waals surface area contributed by atoms with E-state index in [0.717, 1.165) is 36.3 Å². The van der Waals surface area contributed by atoms with Gasteiger partial charge in [0.05, 0.1) is 19.8 Å². The van der Waals surface area contributed by atoms with Gasteiger partial charge in [-0.2, -0.15) is 0 Å². The SMILES string of the molecule is COC(=O)c1cc(Cc2ccccc2OC)c(=O)n2c1CCCC2. The predicted molar refractivity (Wildman–Crippen MR) is 90.8 cm³/mol. The summed E-state index contributed by atoms with van der Waals surface area (Å²) in [6.07, 6.45) is 3.09. The van der Waals surface area contributed by atoms with Crippen molar-refractivity contribution in [1.29, 1.82) is 0 Å². The summed E-state index contributed by atoms with van der Waals surface area (Å²) in [7, 11) is 2.98. The van der Waals surface area contributed by atoms with Crippen LogP contribution in [-0.2, 0) is 24.1 Å². The van der Waals surface area contributed by atoms with E-state index in [1.807, 2.05) is 24.3 Å². The van der Waals surface area contributed by atoms with Crippen LogP contribution in [0.1, 0.15) is 40.0 Å². The number of para-hydroxylation sites is 1. The molecule has 24 heavy (non-hydrogen) atoms. The van der Waals surface area contributed by atoms with Crippen LogP contribution >= 0.6 is 0 Å². The van der Waals surface area contributed by atoms with Gasteiger partial charge in [0.2, 0.25) is 0 Å². The number of hydrogen-bond acceptors (Lipinski definition) is 4. The number of fused-ring (bicyclic) bond motifs is 1. The number of esters is 1. The molecule has 2 aromatic rings. The molecule has 0 radical (unpaired) electrons. The minimum absolute atomic E-state index is 0.0248. The molecule has 2 heterocycles. The summed E-state index contributed by atoms with van der Waals surface area (Å²) in [5, 5.41) is 0. The van der Waals surface area contributed by atoms with Crippen molar-refractivity contribution in [2.45, 2.75) is 32.2 Å². The Bertz CT molecular complexity index is 823. The van der Waals surface area contributed by atoms with E-state index in [9.17, 15) is 9.59 Å². The fraction of sp³-hybridized carbons (Fsp3) is 0.368. The zero-order chi connectivity index (χ0) is 17.1. The molecule has 0 aliphatic carbocycles. The van der Waals surface area contributed by atoms with Gasteiger partial charge in [-0.3, -0.25) is 4.79 Å². The molecule has 5 nitrogen and oxygen atoms in total. The second-order valence-corrected chi connectivity index (χ2v) is 5.92. The van der Waals surface area contributed by atoms with Crippen LogP contribution in [0, 0.1) is 0 Å². The lowest BCUT2D eigenvalue weighted by molar-refractivity contribution is 0.0597. The van der Waals surface area contributed by atoms with Crippen molar-refractivity contribution < 1.29 is 14.3 Å². The number of rotatable bonds is 4. The van der Waals surface area contributed by atoms with Crippen LogP contribution in [0.15, 0.2) is 35.1 Å². The van der Waals surface area contributed by atoms with Gasteiger partial charge >= 0.3 is 5.97 Å². The Labute approximate surface area is 140 Å². The van der Waals surface area contributed by atoms with E-state index in [-0.39, 0.29) is 11.5 Å². The lowest BCUT2D eigenvalue weighted by Crippen LogP contribution is -2.32. The summed E-state index contributed by atoms with van der Waals surface area (Å²) >= 11 is 0. The van der Waals surface area contributed by atoms with Gasteiger partial charge in [0.25, 0.3) is 5.56 Å². The van der Waals surface area contributed by atoms with Crippen LogP contribution in [0.3, 0.4) is 0 Å². The largest absolute Gasteiger partial charge is 0.496 e. The summed E-state index contributed by atoms with van der Waals surface area (Å²) in [4.78, 5) is 25.0. The Morgan fingerprint density at radius 1 is 1.17 bits per heavy atom. The molecule has 1 aliphatic heterocycles. The predicted octanol–water partition coefficient (Wildman–Crippen LogP) is 2.57. The molecule has 0 fully saturated rings. The molecular formula is C19H21NO4. The zero-order valence-electron chi connectivity index (χ0n) is 14.0. The van der Waals surface area contributed by atoms with Crippen molar-refractivity contribution >= 4 is 5.97 Å². The number of ether oxygens (including phenoxy) is 2. The second-order valence-electron chi connectivity index (χ2n) is 5.92. The number of hydrogen-bond donors (Lipinski definition) is 0. The summed E-state index contributed by atoms with van der Waals surface area (Å²) in [6, 6.07) is 9.29. The zero-order valence-corrected chi connectivity index (χ0v) is 14.0. The Hall–Kier alpha value is -2.56. The van der Waals surface area contributed by atoms with Crippen molar-refractivity contribution in [1.82, 2.24) is 4.57 Å². The average molecular weight is 327 g/mol. The van der Waals surface area contributed by atoms with Gasteiger partial charge in [0.1, 0.15) is 5.75 Å². The molecule has 5 heteroatoms. The standard InChI is InChI=1S/C19H21NO4/c1-23-17-9-4-3-7-13(17)11-14-12-15(19(22)24-2)16-8-5-6-10-20(16)18(14)21/h3-4,7,9,12H,5-6,8,10-11H2,1-2H3. The Morgan fingerprint density at radius 3 is 2.71 bits per heavy atom. The first kappa shape index (κ1) is 16.3. The van der Waals surface area contributed by atoms with Crippen LogP contribution in [0.2, 0.25) is 0 Å². The van der Waals surface area contributed by atoms with Crippen LogP contribution in [0.5, 0.6) is 5.75 Å². The number of carbonyl (C=O) groups is 1. The van der Waals surface area contributed by atoms with Crippen molar-refractivity contribution in [3.8, 4) is 5.75 Å². The van der Waals surface area contributed by atoms with Crippen molar-refractivity contribution in [3.63, 3.8) is 0 Å². The number of aromatic nitrogens is 1. The maximum atomic E-state index is 12.9. The first-order chi connectivity index (χ1) is 11.7. The summed E-state index contributed by atoms with van der Waals surface area (Å²) in [6.45, 7) is 0.651. The van der Waals surface area contributed by atoms with E-state index >= 15 is 0 Å². The van der Waals surface area contributed by atoms with Gasteiger partial charge in [0.15, 0.2) is 0 Å². The van der Waals surface area contributed by atoms with Gasteiger partial charge in [-0.25, -0.2) is 4.79 Å². The molecule has 0 atom stereocenters. The maximum Gasteiger partial charge on any atom is 0.339 e. The first-order valence-electron chi connectivity index (χ1n) is 8.11. The van der Waals surface area contributed by atoms with Gasteiger partial charge in [-0.15, -0.1) is 0 Å². The molecule has 1 aliphatic rings. The van der Waals surface area contributed by atoms with E-state index in [0.29, 0.717) is 24.1 Å². The van der Waals surface area contributed by atoms with Gasteiger partial charge in [-0.05, 0) is 37.0 Å². The minimum atomic E-state index is -0.387. The highest BCUT2D eigenvalue weighted by Crippen LogP contribution is 2.23. The molecule has 0 saturated heterocycles. The molecule has 0 spiro atoms. The smallest absolute Gasteiger partial charge is 0.339 e. The normalized spacial score (nSPS) is 13.2. The fourth-order valence-corrected chi connectivity index (χ4v) is 3.30. The number of pyridine rings is 1. The Balaban J connectivity index is 2.11. The molecule has 1 aromatic heterocycles. The van der Waals surface area contributed by atoms with Crippen LogP contribution in [-0.4, -0.2) is 24.8 Å². The van der Waals surface area contributed by atoms with E-state index < -0.39 is 0 Å². The molecule has 3 rings (SSSR count). The Morgan fingerprint density at radius 2 is 1.96 bits per heavy atom. The van der Waals surface area contributed by atoms with Crippen LogP contribution < -0.4 is 10.3 Å². The van der Waals surface area contributed by atoms with Crippen molar-refractivity contribution in [3.05, 3.63) is 63.1 Å². The minimum Gasteiger partial charge on any atom is -0.496 e. The Kier molecular flexibility index (Phi) is 4.69. The van der Waals surface area contributed by atoms with E-state index in [1.165, 1.54) is 7.11 Å². The molecule has 0 saturated carbocycles. The molecule has 1 aromatic carbocycles. The third-order valence-electron chi connectivity index (χ3n) is 4.50. The van der Waals surface area contributed by atoms with Crippen LogP contribution in [0.25, 0.3) is 0 Å². The van der Waals surface area contributed by atoms with Crippen molar-refractivity contribution in [2.24, 2.45) is 0 Å². The summed E-state index contributed by atoms with van der Waals surface area (Å²) in [5.74, 6) is 0.348. The summed E-state index contributed by atoms with van der Waals surface area (Å²) < 4.78 is 12.0.